The average molecular weight is 248 g/mol. The summed E-state index contributed by atoms with van der Waals surface area (Å²) in [6.45, 7) is 4.44. The van der Waals surface area contributed by atoms with E-state index in [4.69, 9.17) is 0 Å². The first-order valence-corrected chi connectivity index (χ1v) is 6.06. The van der Waals surface area contributed by atoms with Crippen LogP contribution in [0.1, 0.15) is 25.3 Å². The highest BCUT2D eigenvalue weighted by Gasteiger charge is 2.13. The van der Waals surface area contributed by atoms with Crippen molar-refractivity contribution in [2.24, 2.45) is 5.92 Å². The molecule has 0 aliphatic heterocycles. The number of aromatic nitrogens is 1. The minimum Gasteiger partial charge on any atom is -0.250 e. The summed E-state index contributed by atoms with van der Waals surface area (Å²) in [7, 11) is 0. The number of nitrogens with zero attached hydrogens (tertiary/aromatic N) is 1. The van der Waals surface area contributed by atoms with E-state index in [2.05, 4.69) is 34.8 Å². The fourth-order valence-electron chi connectivity index (χ4n) is 1.21. The molecule has 0 bridgehead atoms. The van der Waals surface area contributed by atoms with Crippen molar-refractivity contribution >= 4 is 27.3 Å². The molecule has 68 valence electrons. The Morgan fingerprint density at radius 1 is 1.67 bits per heavy atom. The van der Waals surface area contributed by atoms with Crippen molar-refractivity contribution in [2.75, 3.05) is 0 Å². The van der Waals surface area contributed by atoms with Crippen molar-refractivity contribution in [3.05, 3.63) is 16.6 Å². The Hall–Kier alpha value is 0.110. The molecule has 12 heavy (non-hydrogen) atoms. The Morgan fingerprint density at radius 3 is 2.83 bits per heavy atom. The van der Waals surface area contributed by atoms with Gasteiger partial charge in [-0.1, -0.05) is 36.2 Å². The molecular formula is C9H14BrNS. The summed E-state index contributed by atoms with van der Waals surface area (Å²) < 4.78 is 0. The Kier molecular flexibility index (Phi) is 4.22. The molecule has 2 atom stereocenters. The molecule has 0 N–H and O–H groups in total. The van der Waals surface area contributed by atoms with Gasteiger partial charge < -0.3 is 0 Å². The van der Waals surface area contributed by atoms with Crippen LogP contribution in [0.4, 0.5) is 0 Å². The van der Waals surface area contributed by atoms with Gasteiger partial charge in [0.25, 0.3) is 0 Å². The predicted octanol–water partition coefficient (Wildman–Crippen LogP) is 3.50. The van der Waals surface area contributed by atoms with Crippen molar-refractivity contribution in [3.63, 3.8) is 0 Å². The second-order valence-electron chi connectivity index (χ2n) is 2.98. The van der Waals surface area contributed by atoms with Crippen LogP contribution in [0.25, 0.3) is 0 Å². The quantitative estimate of drug-likeness (QED) is 0.743. The van der Waals surface area contributed by atoms with E-state index in [1.165, 1.54) is 11.4 Å². The normalized spacial score (nSPS) is 15.9. The van der Waals surface area contributed by atoms with Crippen LogP contribution >= 0.6 is 27.3 Å². The van der Waals surface area contributed by atoms with E-state index in [1.807, 2.05) is 11.6 Å². The van der Waals surface area contributed by atoms with Crippen LogP contribution in [-0.4, -0.2) is 9.81 Å². The molecule has 0 aliphatic rings. The van der Waals surface area contributed by atoms with Crippen LogP contribution in [0.5, 0.6) is 0 Å². The van der Waals surface area contributed by atoms with Gasteiger partial charge in [0.15, 0.2) is 0 Å². The Bertz CT molecular complexity index is 208. The molecule has 1 aromatic heterocycles. The van der Waals surface area contributed by atoms with E-state index in [0.29, 0.717) is 4.83 Å². The largest absolute Gasteiger partial charge is 0.250 e. The van der Waals surface area contributed by atoms with E-state index < -0.39 is 0 Å². The fourth-order valence-corrected chi connectivity index (χ4v) is 2.48. The third-order valence-electron chi connectivity index (χ3n) is 2.09. The lowest BCUT2D eigenvalue weighted by Crippen LogP contribution is -2.12. The molecule has 3 heteroatoms. The number of hydrogen-bond acceptors (Lipinski definition) is 2. The Balaban J connectivity index is 2.48. The minimum atomic E-state index is 0.589. The lowest BCUT2D eigenvalue weighted by atomic mass is 10.00. The van der Waals surface area contributed by atoms with Gasteiger partial charge in [-0.05, 0) is 5.92 Å². The molecule has 1 rings (SSSR count). The summed E-state index contributed by atoms with van der Waals surface area (Å²) in [6.07, 6.45) is 4.21. The van der Waals surface area contributed by atoms with E-state index in [9.17, 15) is 0 Å². The number of rotatable bonds is 4. The van der Waals surface area contributed by atoms with Crippen LogP contribution in [0.3, 0.4) is 0 Å². The lowest BCUT2D eigenvalue weighted by molar-refractivity contribution is 0.507. The van der Waals surface area contributed by atoms with Crippen LogP contribution in [0.2, 0.25) is 0 Å². The SMILES string of the molecule is CCC(Cc1nccs1)C(C)Br. The molecule has 1 nitrogen and oxygen atoms in total. The highest BCUT2D eigenvalue weighted by atomic mass is 79.9. The summed E-state index contributed by atoms with van der Waals surface area (Å²) >= 11 is 5.38. The summed E-state index contributed by atoms with van der Waals surface area (Å²) in [5.74, 6) is 0.719. The molecule has 0 radical (unpaired) electrons. The fraction of sp³-hybridized carbons (Fsp3) is 0.667. The van der Waals surface area contributed by atoms with Gasteiger partial charge >= 0.3 is 0 Å². The summed E-state index contributed by atoms with van der Waals surface area (Å²) in [5.41, 5.74) is 0. The molecular weight excluding hydrogens is 234 g/mol. The zero-order valence-electron chi connectivity index (χ0n) is 7.46. The van der Waals surface area contributed by atoms with Gasteiger partial charge in [0.05, 0.1) is 5.01 Å². The van der Waals surface area contributed by atoms with E-state index in [-0.39, 0.29) is 0 Å². The Morgan fingerprint density at radius 2 is 2.42 bits per heavy atom. The average Bonchev–Trinajstić information content (AvgIpc) is 2.51. The van der Waals surface area contributed by atoms with Crippen molar-refractivity contribution < 1.29 is 0 Å². The van der Waals surface area contributed by atoms with Crippen molar-refractivity contribution in [1.29, 1.82) is 0 Å². The maximum Gasteiger partial charge on any atom is 0.0927 e. The number of alkyl halides is 1. The van der Waals surface area contributed by atoms with Crippen molar-refractivity contribution in [1.82, 2.24) is 4.98 Å². The summed E-state index contributed by atoms with van der Waals surface area (Å²) in [5, 5.41) is 3.30. The monoisotopic (exact) mass is 247 g/mol. The molecule has 0 aromatic carbocycles. The predicted molar refractivity (Wildman–Crippen MR) is 58.0 cm³/mol. The molecule has 1 heterocycles. The molecule has 0 saturated carbocycles. The maximum atomic E-state index is 4.28. The van der Waals surface area contributed by atoms with Crippen LogP contribution in [0.15, 0.2) is 11.6 Å². The van der Waals surface area contributed by atoms with Gasteiger partial charge in [0.1, 0.15) is 0 Å². The van der Waals surface area contributed by atoms with Gasteiger partial charge in [-0.15, -0.1) is 11.3 Å². The van der Waals surface area contributed by atoms with Crippen LogP contribution in [0, 0.1) is 5.92 Å². The topological polar surface area (TPSA) is 12.9 Å². The molecule has 2 unspecified atom stereocenters. The molecule has 1 aromatic rings. The van der Waals surface area contributed by atoms with Gasteiger partial charge in [0, 0.05) is 22.8 Å². The van der Waals surface area contributed by atoms with E-state index >= 15 is 0 Å². The first kappa shape index (κ1) is 10.2. The zero-order chi connectivity index (χ0) is 8.97. The van der Waals surface area contributed by atoms with Crippen molar-refractivity contribution in [3.8, 4) is 0 Å². The van der Waals surface area contributed by atoms with E-state index in [1.54, 1.807) is 11.3 Å². The number of thiazole rings is 1. The molecule has 0 amide bonds. The summed E-state index contributed by atoms with van der Waals surface area (Å²) in [4.78, 5) is 4.87. The van der Waals surface area contributed by atoms with Crippen molar-refractivity contribution in [2.45, 2.75) is 31.5 Å². The second kappa shape index (κ2) is 4.97. The summed E-state index contributed by atoms with van der Waals surface area (Å²) in [6, 6.07) is 0. The third kappa shape index (κ3) is 2.87. The lowest BCUT2D eigenvalue weighted by Gasteiger charge is -2.15. The number of hydrogen-bond donors (Lipinski definition) is 0. The van der Waals surface area contributed by atoms with Gasteiger partial charge in [0.2, 0.25) is 0 Å². The highest BCUT2D eigenvalue weighted by molar-refractivity contribution is 9.09. The molecule has 0 aliphatic carbocycles. The third-order valence-corrected chi connectivity index (χ3v) is 3.64. The number of halogens is 1. The maximum absolute atomic E-state index is 4.28. The molecule has 0 saturated heterocycles. The van der Waals surface area contributed by atoms with Gasteiger partial charge in [-0.3, -0.25) is 0 Å². The minimum absolute atomic E-state index is 0.589. The molecule has 0 fully saturated rings. The highest BCUT2D eigenvalue weighted by Crippen LogP contribution is 2.21. The first-order chi connectivity index (χ1) is 5.74. The standard InChI is InChI=1S/C9H14BrNS/c1-3-8(7(2)10)6-9-11-4-5-12-9/h4-5,7-8H,3,6H2,1-2H3. The smallest absolute Gasteiger partial charge is 0.0927 e. The van der Waals surface area contributed by atoms with Gasteiger partial charge in [-0.2, -0.15) is 0 Å². The molecule has 0 spiro atoms. The van der Waals surface area contributed by atoms with Crippen LogP contribution < -0.4 is 0 Å². The Labute approximate surface area is 86.3 Å². The zero-order valence-corrected chi connectivity index (χ0v) is 9.86. The van der Waals surface area contributed by atoms with Crippen LogP contribution in [-0.2, 0) is 6.42 Å². The van der Waals surface area contributed by atoms with Gasteiger partial charge in [-0.25, -0.2) is 4.98 Å². The van der Waals surface area contributed by atoms with E-state index in [0.717, 1.165) is 12.3 Å². The second-order valence-corrected chi connectivity index (χ2v) is 5.40. The first-order valence-electron chi connectivity index (χ1n) is 4.26.